The first-order valence-electron chi connectivity index (χ1n) is 3.38. The average Bonchev–Trinajstić information content (AvgIpc) is 2.34. The molecule has 5 N–H and O–H groups in total. The van der Waals surface area contributed by atoms with Gasteiger partial charge in [-0.05, 0) is 0 Å². The van der Waals surface area contributed by atoms with Crippen molar-refractivity contribution in [2.75, 3.05) is 0 Å². The third-order valence-electron chi connectivity index (χ3n) is 1.81. The molecule has 0 aromatic heterocycles. The molecule has 0 aromatic carbocycles. The van der Waals surface area contributed by atoms with Gasteiger partial charge in [0.05, 0.1) is 6.34 Å². The van der Waals surface area contributed by atoms with Gasteiger partial charge in [0.15, 0.2) is 0 Å². The Balaban J connectivity index is 2.14. The molecule has 0 aromatic rings. The molecule has 0 aliphatic carbocycles. The molecule has 11 heavy (non-hydrogen) atoms. The fourth-order valence-corrected chi connectivity index (χ4v) is 1.24. The highest BCUT2D eigenvalue weighted by molar-refractivity contribution is 5.77. The van der Waals surface area contributed by atoms with E-state index in [1.807, 2.05) is 0 Å². The van der Waals surface area contributed by atoms with Gasteiger partial charge in [0.2, 0.25) is 0 Å². The van der Waals surface area contributed by atoms with Gasteiger partial charge in [-0.1, -0.05) is 0 Å². The first-order valence-corrected chi connectivity index (χ1v) is 3.38. The molecular formula is C5H9N5O. The van der Waals surface area contributed by atoms with Crippen molar-refractivity contribution in [1.29, 1.82) is 0 Å². The second kappa shape index (κ2) is 2.09. The van der Waals surface area contributed by atoms with Crippen LogP contribution in [-0.2, 0) is 0 Å². The number of carbonyl (C=O) groups excluding carboxylic acids is 1. The molecule has 2 aliphatic heterocycles. The van der Waals surface area contributed by atoms with E-state index < -0.39 is 0 Å². The highest BCUT2D eigenvalue weighted by atomic mass is 16.2. The molecule has 6 nitrogen and oxygen atoms in total. The molecule has 3 unspecified atom stereocenters. The Morgan fingerprint density at radius 2 is 2.36 bits per heavy atom. The molecule has 60 valence electrons. The number of nitrogens with two attached hydrogens (primary N) is 1. The fraction of sp³-hybridized carbons (Fsp3) is 0.600. The summed E-state index contributed by atoms with van der Waals surface area (Å²) in [5, 5.41) is 8.09. The summed E-state index contributed by atoms with van der Waals surface area (Å²) in [5.74, 6) is 0. The summed E-state index contributed by atoms with van der Waals surface area (Å²) in [6.07, 6.45) is 0.984. The standard InChI is InChI=1S/C5H9N5O/c6-3-2-4(8-1-7-2)10-5(11)9-3/h1-4H,6H2,(H,7,8)(H2,9,10,11). The summed E-state index contributed by atoms with van der Waals surface area (Å²) in [6.45, 7) is 0. The van der Waals surface area contributed by atoms with Gasteiger partial charge in [-0.3, -0.25) is 0 Å². The van der Waals surface area contributed by atoms with Crippen molar-refractivity contribution >= 4 is 12.4 Å². The number of amides is 2. The van der Waals surface area contributed by atoms with Crippen molar-refractivity contribution in [2.45, 2.75) is 18.4 Å². The van der Waals surface area contributed by atoms with Crippen molar-refractivity contribution in [2.24, 2.45) is 10.7 Å². The minimum Gasteiger partial charge on any atom is -0.366 e. The van der Waals surface area contributed by atoms with Gasteiger partial charge in [-0.25, -0.2) is 9.79 Å². The summed E-state index contributed by atoms with van der Waals surface area (Å²) in [5.41, 5.74) is 5.60. The van der Waals surface area contributed by atoms with Crippen LogP contribution in [0, 0.1) is 0 Å². The van der Waals surface area contributed by atoms with Gasteiger partial charge in [0.25, 0.3) is 0 Å². The largest absolute Gasteiger partial charge is 0.366 e. The number of hydrogen-bond acceptors (Lipinski definition) is 4. The summed E-state index contributed by atoms with van der Waals surface area (Å²) < 4.78 is 0. The molecule has 1 fully saturated rings. The van der Waals surface area contributed by atoms with Gasteiger partial charge in [-0.15, -0.1) is 0 Å². The van der Waals surface area contributed by atoms with Crippen LogP contribution in [0.4, 0.5) is 4.79 Å². The van der Waals surface area contributed by atoms with Crippen LogP contribution < -0.4 is 21.7 Å². The monoisotopic (exact) mass is 155 g/mol. The lowest BCUT2D eigenvalue weighted by atomic mass is 10.1. The van der Waals surface area contributed by atoms with Crippen molar-refractivity contribution in [3.63, 3.8) is 0 Å². The van der Waals surface area contributed by atoms with E-state index in [0.717, 1.165) is 0 Å². The van der Waals surface area contributed by atoms with Crippen molar-refractivity contribution in [1.82, 2.24) is 16.0 Å². The molecule has 0 spiro atoms. The third-order valence-corrected chi connectivity index (χ3v) is 1.81. The predicted octanol–water partition coefficient (Wildman–Crippen LogP) is -2.09. The van der Waals surface area contributed by atoms with E-state index in [1.165, 1.54) is 0 Å². The molecule has 0 radical (unpaired) electrons. The minimum absolute atomic E-state index is 0.0206. The first-order chi connectivity index (χ1) is 5.27. The molecule has 1 saturated heterocycles. The van der Waals surface area contributed by atoms with E-state index >= 15 is 0 Å². The van der Waals surface area contributed by atoms with E-state index in [4.69, 9.17) is 5.73 Å². The number of rotatable bonds is 0. The van der Waals surface area contributed by atoms with Gasteiger partial charge in [0, 0.05) is 0 Å². The molecule has 0 bridgehead atoms. The summed E-state index contributed by atoms with van der Waals surface area (Å²) >= 11 is 0. The normalized spacial score (nSPS) is 40.5. The Morgan fingerprint density at radius 1 is 1.55 bits per heavy atom. The van der Waals surface area contributed by atoms with Crippen LogP contribution >= 0.6 is 0 Å². The highest BCUT2D eigenvalue weighted by Gasteiger charge is 2.35. The zero-order valence-corrected chi connectivity index (χ0v) is 5.74. The van der Waals surface area contributed by atoms with E-state index in [0.29, 0.717) is 0 Å². The van der Waals surface area contributed by atoms with Crippen LogP contribution in [-0.4, -0.2) is 30.7 Å². The number of aliphatic imine (C=N–C) groups is 1. The van der Waals surface area contributed by atoms with Crippen LogP contribution in [0.5, 0.6) is 0 Å². The molecule has 3 atom stereocenters. The lowest BCUT2D eigenvalue weighted by molar-refractivity contribution is 0.212. The van der Waals surface area contributed by atoms with Crippen LogP contribution in [0.15, 0.2) is 4.99 Å². The number of fused-ring (bicyclic) bond motifs is 1. The Morgan fingerprint density at radius 3 is 3.18 bits per heavy atom. The second-order valence-electron chi connectivity index (χ2n) is 2.56. The highest BCUT2D eigenvalue weighted by Crippen LogP contribution is 2.06. The Kier molecular flexibility index (Phi) is 1.22. The topological polar surface area (TPSA) is 91.5 Å². The fourth-order valence-electron chi connectivity index (χ4n) is 1.24. The molecule has 2 amide bonds. The molecule has 2 rings (SSSR count). The Bertz CT molecular complexity index is 215. The van der Waals surface area contributed by atoms with E-state index in [9.17, 15) is 4.79 Å². The maximum atomic E-state index is 10.8. The first kappa shape index (κ1) is 6.41. The summed E-state index contributed by atoms with van der Waals surface area (Å²) in [7, 11) is 0. The predicted molar refractivity (Wildman–Crippen MR) is 38.8 cm³/mol. The quantitative estimate of drug-likeness (QED) is 0.323. The van der Waals surface area contributed by atoms with Gasteiger partial charge >= 0.3 is 6.03 Å². The van der Waals surface area contributed by atoms with Crippen molar-refractivity contribution < 1.29 is 4.79 Å². The average molecular weight is 155 g/mol. The molecule has 2 heterocycles. The van der Waals surface area contributed by atoms with E-state index in [-0.39, 0.29) is 24.4 Å². The maximum absolute atomic E-state index is 10.8. The Hall–Kier alpha value is -1.30. The number of urea groups is 1. The minimum atomic E-state index is -0.365. The van der Waals surface area contributed by atoms with Gasteiger partial charge in [-0.2, -0.15) is 0 Å². The maximum Gasteiger partial charge on any atom is 0.317 e. The molecule has 6 heteroatoms. The Labute approximate surface area is 63.2 Å². The van der Waals surface area contributed by atoms with E-state index in [1.54, 1.807) is 6.34 Å². The number of nitrogens with one attached hydrogen (secondary N) is 3. The number of carbonyl (C=O) groups is 1. The molecule has 2 aliphatic rings. The molecular weight excluding hydrogens is 146 g/mol. The van der Waals surface area contributed by atoms with Crippen molar-refractivity contribution in [3.8, 4) is 0 Å². The van der Waals surface area contributed by atoms with Gasteiger partial charge < -0.3 is 21.7 Å². The summed E-state index contributed by atoms with van der Waals surface area (Å²) in [6, 6.07) is -0.285. The number of nitrogens with zero attached hydrogens (tertiary/aromatic N) is 1. The SMILES string of the molecule is NC1NC(=O)NC2N=CNC12. The van der Waals surface area contributed by atoms with Crippen LogP contribution in [0.3, 0.4) is 0 Å². The van der Waals surface area contributed by atoms with Crippen molar-refractivity contribution in [3.05, 3.63) is 0 Å². The molecule has 0 saturated carbocycles. The second-order valence-corrected chi connectivity index (χ2v) is 2.56. The zero-order valence-electron chi connectivity index (χ0n) is 5.74. The van der Waals surface area contributed by atoms with Gasteiger partial charge in [0.1, 0.15) is 18.4 Å². The number of hydrogen-bond donors (Lipinski definition) is 4. The van der Waals surface area contributed by atoms with Crippen LogP contribution in [0.25, 0.3) is 0 Å². The van der Waals surface area contributed by atoms with E-state index in [2.05, 4.69) is 20.9 Å². The van der Waals surface area contributed by atoms with Crippen LogP contribution in [0.2, 0.25) is 0 Å². The smallest absolute Gasteiger partial charge is 0.317 e. The third kappa shape index (κ3) is 0.911. The lowest BCUT2D eigenvalue weighted by Crippen LogP contribution is -2.67. The van der Waals surface area contributed by atoms with Crippen LogP contribution in [0.1, 0.15) is 0 Å². The summed E-state index contributed by atoms with van der Waals surface area (Å²) in [4.78, 5) is 14.8. The lowest BCUT2D eigenvalue weighted by Gasteiger charge is -2.31. The zero-order chi connectivity index (χ0) is 7.84.